The van der Waals surface area contributed by atoms with Crippen LogP contribution in [0, 0.1) is 23.1 Å². The minimum Gasteiger partial charge on any atom is -0.393 e. The Kier molecular flexibility index (Phi) is 4.91. The zero-order chi connectivity index (χ0) is 14.9. The van der Waals surface area contributed by atoms with Crippen molar-refractivity contribution in [3.8, 4) is 0 Å². The van der Waals surface area contributed by atoms with E-state index in [0.29, 0.717) is 16.3 Å². The first kappa shape index (κ1) is 16.0. The van der Waals surface area contributed by atoms with Crippen molar-refractivity contribution in [2.45, 2.75) is 52.6 Å². The van der Waals surface area contributed by atoms with Crippen LogP contribution in [0.15, 0.2) is 22.7 Å². The molecule has 112 valence electrons. The van der Waals surface area contributed by atoms with Crippen molar-refractivity contribution in [1.29, 1.82) is 0 Å². The normalized spacial score (nSPS) is 27.6. The zero-order valence-electron chi connectivity index (χ0n) is 12.5. The lowest BCUT2D eigenvalue weighted by Gasteiger charge is -2.42. The Morgan fingerprint density at radius 1 is 1.35 bits per heavy atom. The SMILES string of the molecule is CC1CCC(C(C)(C)Cc2ccc(F)c(Br)c2)C(O)C1. The van der Waals surface area contributed by atoms with E-state index >= 15 is 0 Å². The van der Waals surface area contributed by atoms with Gasteiger partial charge < -0.3 is 5.11 Å². The molecule has 0 radical (unpaired) electrons. The highest BCUT2D eigenvalue weighted by molar-refractivity contribution is 9.10. The molecular weight excluding hydrogens is 319 g/mol. The molecule has 3 heteroatoms. The summed E-state index contributed by atoms with van der Waals surface area (Å²) in [5, 5.41) is 10.4. The van der Waals surface area contributed by atoms with E-state index in [1.54, 1.807) is 0 Å². The molecule has 3 atom stereocenters. The molecule has 2 rings (SSSR count). The van der Waals surface area contributed by atoms with Crippen molar-refractivity contribution in [2.24, 2.45) is 17.3 Å². The highest BCUT2D eigenvalue weighted by atomic mass is 79.9. The second-order valence-electron chi connectivity index (χ2n) is 7.01. The van der Waals surface area contributed by atoms with Gasteiger partial charge in [0.25, 0.3) is 0 Å². The van der Waals surface area contributed by atoms with Crippen molar-refractivity contribution in [2.75, 3.05) is 0 Å². The molecule has 0 aromatic heterocycles. The number of hydrogen-bond acceptors (Lipinski definition) is 1. The lowest BCUT2D eigenvalue weighted by atomic mass is 9.65. The molecule has 1 aromatic carbocycles. The number of benzene rings is 1. The van der Waals surface area contributed by atoms with E-state index in [1.807, 2.05) is 12.1 Å². The predicted octanol–water partition coefficient (Wildman–Crippen LogP) is 4.95. The van der Waals surface area contributed by atoms with Crippen LogP contribution in [0.5, 0.6) is 0 Å². The lowest BCUT2D eigenvalue weighted by molar-refractivity contribution is -0.0125. The number of halogens is 2. The van der Waals surface area contributed by atoms with Crippen LogP contribution in [-0.4, -0.2) is 11.2 Å². The first-order valence-corrected chi connectivity index (χ1v) is 8.21. The summed E-state index contributed by atoms with van der Waals surface area (Å²) in [7, 11) is 0. The molecule has 0 spiro atoms. The van der Waals surface area contributed by atoms with E-state index in [0.717, 1.165) is 24.8 Å². The fourth-order valence-electron chi connectivity index (χ4n) is 3.57. The minimum absolute atomic E-state index is 0.0246. The summed E-state index contributed by atoms with van der Waals surface area (Å²) in [5.41, 5.74) is 1.14. The molecule has 1 nitrogen and oxygen atoms in total. The Labute approximate surface area is 129 Å². The second-order valence-corrected chi connectivity index (χ2v) is 7.86. The van der Waals surface area contributed by atoms with Gasteiger partial charge in [0.2, 0.25) is 0 Å². The molecule has 1 fully saturated rings. The van der Waals surface area contributed by atoms with Crippen LogP contribution < -0.4 is 0 Å². The number of rotatable bonds is 3. The maximum atomic E-state index is 13.3. The van der Waals surface area contributed by atoms with Gasteiger partial charge in [0.1, 0.15) is 5.82 Å². The predicted molar refractivity (Wildman–Crippen MR) is 84.1 cm³/mol. The molecule has 1 saturated carbocycles. The third kappa shape index (κ3) is 3.62. The zero-order valence-corrected chi connectivity index (χ0v) is 14.1. The summed E-state index contributed by atoms with van der Waals surface area (Å²) in [6, 6.07) is 5.21. The quantitative estimate of drug-likeness (QED) is 0.823. The van der Waals surface area contributed by atoms with E-state index < -0.39 is 0 Å². The molecule has 0 heterocycles. The second kappa shape index (κ2) is 6.15. The van der Waals surface area contributed by atoms with Gasteiger partial charge in [-0.2, -0.15) is 0 Å². The van der Waals surface area contributed by atoms with Crippen LogP contribution in [0.2, 0.25) is 0 Å². The van der Waals surface area contributed by atoms with Crippen molar-refractivity contribution in [1.82, 2.24) is 0 Å². The highest BCUT2D eigenvalue weighted by Gasteiger charge is 2.38. The molecule has 1 N–H and O–H groups in total. The van der Waals surface area contributed by atoms with Crippen molar-refractivity contribution in [3.05, 3.63) is 34.1 Å². The fraction of sp³-hybridized carbons (Fsp3) is 0.647. The first-order valence-electron chi connectivity index (χ1n) is 7.41. The fourth-order valence-corrected chi connectivity index (χ4v) is 4.00. The van der Waals surface area contributed by atoms with E-state index in [1.165, 1.54) is 12.5 Å². The van der Waals surface area contributed by atoms with Gasteiger partial charge in [0.05, 0.1) is 10.6 Å². The number of aliphatic hydroxyl groups excluding tert-OH is 1. The molecule has 0 amide bonds. The average molecular weight is 343 g/mol. The van der Waals surface area contributed by atoms with Crippen molar-refractivity contribution < 1.29 is 9.50 Å². The van der Waals surface area contributed by atoms with E-state index in [4.69, 9.17) is 0 Å². The molecule has 1 aliphatic carbocycles. The van der Waals surface area contributed by atoms with Gasteiger partial charge in [0.15, 0.2) is 0 Å². The maximum absolute atomic E-state index is 13.3. The van der Waals surface area contributed by atoms with Crippen molar-refractivity contribution in [3.63, 3.8) is 0 Å². The van der Waals surface area contributed by atoms with Gasteiger partial charge in [-0.25, -0.2) is 4.39 Å². The summed E-state index contributed by atoms with van der Waals surface area (Å²) in [6.07, 6.45) is 3.83. The molecule has 20 heavy (non-hydrogen) atoms. The molecule has 0 saturated heterocycles. The minimum atomic E-state index is -0.224. The Bertz CT molecular complexity index is 472. The van der Waals surface area contributed by atoms with E-state index in [9.17, 15) is 9.50 Å². The van der Waals surface area contributed by atoms with Crippen molar-refractivity contribution >= 4 is 15.9 Å². The summed E-state index contributed by atoms with van der Waals surface area (Å²) in [6.45, 7) is 6.64. The topological polar surface area (TPSA) is 20.2 Å². The summed E-state index contributed by atoms with van der Waals surface area (Å²) in [5.74, 6) is 0.720. The smallest absolute Gasteiger partial charge is 0.137 e. The third-order valence-corrected chi connectivity index (χ3v) is 5.33. The van der Waals surface area contributed by atoms with Crippen LogP contribution in [0.1, 0.15) is 45.6 Å². The lowest BCUT2D eigenvalue weighted by Crippen LogP contribution is -2.39. The monoisotopic (exact) mass is 342 g/mol. The van der Waals surface area contributed by atoms with Gasteiger partial charge in [-0.3, -0.25) is 0 Å². The van der Waals surface area contributed by atoms with Crippen LogP contribution in [0.3, 0.4) is 0 Å². The molecule has 1 aliphatic rings. The molecular formula is C17H24BrFO. The third-order valence-electron chi connectivity index (χ3n) is 4.73. The van der Waals surface area contributed by atoms with Crippen LogP contribution in [0.4, 0.5) is 4.39 Å². The maximum Gasteiger partial charge on any atom is 0.137 e. The Morgan fingerprint density at radius 2 is 2.05 bits per heavy atom. The van der Waals surface area contributed by atoms with Gasteiger partial charge >= 0.3 is 0 Å². The van der Waals surface area contributed by atoms with Crippen LogP contribution >= 0.6 is 15.9 Å². The Balaban J connectivity index is 2.11. The number of hydrogen-bond donors (Lipinski definition) is 1. The van der Waals surface area contributed by atoms with Gasteiger partial charge in [0, 0.05) is 0 Å². The largest absolute Gasteiger partial charge is 0.393 e. The Morgan fingerprint density at radius 3 is 2.65 bits per heavy atom. The summed E-state index contributed by atoms with van der Waals surface area (Å²) in [4.78, 5) is 0. The van der Waals surface area contributed by atoms with Gasteiger partial charge in [-0.05, 0) is 70.1 Å². The van der Waals surface area contributed by atoms with Gasteiger partial charge in [-0.1, -0.05) is 33.3 Å². The van der Waals surface area contributed by atoms with E-state index in [-0.39, 0.29) is 17.3 Å². The summed E-state index contributed by atoms with van der Waals surface area (Å²) < 4.78 is 13.8. The molecule has 0 aliphatic heterocycles. The van der Waals surface area contributed by atoms with Gasteiger partial charge in [-0.15, -0.1) is 0 Å². The standard InChI is InChI=1S/C17H24BrFO/c1-11-4-6-13(16(20)8-11)17(2,3)10-12-5-7-15(19)14(18)9-12/h5,7,9,11,13,16,20H,4,6,8,10H2,1-3H3. The number of aliphatic hydroxyl groups is 1. The first-order chi connectivity index (χ1) is 9.29. The molecule has 1 aromatic rings. The van der Waals surface area contributed by atoms with Crippen LogP contribution in [-0.2, 0) is 6.42 Å². The molecule has 3 unspecified atom stereocenters. The average Bonchev–Trinajstić information content (AvgIpc) is 2.33. The van der Waals surface area contributed by atoms with E-state index in [2.05, 4.69) is 36.7 Å². The highest BCUT2D eigenvalue weighted by Crippen LogP contribution is 2.42. The Hall–Kier alpha value is -0.410. The summed E-state index contributed by atoms with van der Waals surface area (Å²) >= 11 is 3.24. The molecule has 0 bridgehead atoms. The van der Waals surface area contributed by atoms with Crippen LogP contribution in [0.25, 0.3) is 0 Å².